The lowest BCUT2D eigenvalue weighted by atomic mass is 9.77. The summed E-state index contributed by atoms with van der Waals surface area (Å²) in [5, 5.41) is 13.5. The molecule has 1 unspecified atom stereocenters. The number of nitrogens with zero attached hydrogens (tertiary/aromatic N) is 3. The summed E-state index contributed by atoms with van der Waals surface area (Å²) in [5.74, 6) is -0.774. The Morgan fingerprint density at radius 3 is 2.85 bits per heavy atom. The van der Waals surface area contributed by atoms with Crippen LogP contribution in [-0.2, 0) is 16.1 Å². The maximum absolute atomic E-state index is 12.2. The first kappa shape index (κ1) is 14.6. The van der Waals surface area contributed by atoms with Crippen molar-refractivity contribution in [1.29, 1.82) is 0 Å². The van der Waals surface area contributed by atoms with Gasteiger partial charge in [0.2, 0.25) is 5.91 Å². The Balaban J connectivity index is 1.94. The van der Waals surface area contributed by atoms with E-state index in [-0.39, 0.29) is 5.91 Å². The summed E-state index contributed by atoms with van der Waals surface area (Å²) in [4.78, 5) is 25.4. The molecule has 6 nitrogen and oxygen atoms in total. The van der Waals surface area contributed by atoms with E-state index in [1.807, 2.05) is 19.2 Å². The Bertz CT molecular complexity index is 472. The third-order valence-corrected chi connectivity index (χ3v) is 4.17. The highest BCUT2D eigenvalue weighted by atomic mass is 16.4. The molecule has 110 valence electrons. The summed E-state index contributed by atoms with van der Waals surface area (Å²) in [6.07, 6.45) is 5.83. The van der Waals surface area contributed by atoms with Crippen molar-refractivity contribution >= 4 is 11.9 Å². The van der Waals surface area contributed by atoms with Crippen molar-refractivity contribution in [2.24, 2.45) is 5.41 Å². The zero-order valence-electron chi connectivity index (χ0n) is 11.8. The third-order valence-electron chi connectivity index (χ3n) is 4.17. The summed E-state index contributed by atoms with van der Waals surface area (Å²) < 4.78 is 1.71. The highest BCUT2D eigenvalue weighted by Gasteiger charge is 2.41. The topological polar surface area (TPSA) is 75.4 Å². The van der Waals surface area contributed by atoms with Crippen LogP contribution in [0.1, 0.15) is 32.6 Å². The van der Waals surface area contributed by atoms with E-state index in [1.54, 1.807) is 15.8 Å². The quantitative estimate of drug-likeness (QED) is 0.883. The molecule has 1 saturated heterocycles. The molecule has 2 rings (SSSR count). The SMILES string of the molecule is CCC1(C(=O)O)CCCN(C(=O)CCn2cccn2)C1. The lowest BCUT2D eigenvalue weighted by Gasteiger charge is -2.39. The molecule has 1 aliphatic heterocycles. The second kappa shape index (κ2) is 6.07. The molecule has 1 aromatic rings. The van der Waals surface area contributed by atoms with Crippen LogP contribution < -0.4 is 0 Å². The molecule has 1 aromatic heterocycles. The molecule has 0 saturated carbocycles. The summed E-state index contributed by atoms with van der Waals surface area (Å²) in [6, 6.07) is 1.82. The second-order valence-electron chi connectivity index (χ2n) is 5.38. The van der Waals surface area contributed by atoms with E-state index < -0.39 is 11.4 Å². The first-order valence-corrected chi connectivity index (χ1v) is 7.06. The van der Waals surface area contributed by atoms with Crippen molar-refractivity contribution in [3.05, 3.63) is 18.5 Å². The molecule has 6 heteroatoms. The number of hydrogen-bond donors (Lipinski definition) is 1. The first-order valence-electron chi connectivity index (χ1n) is 7.06. The van der Waals surface area contributed by atoms with E-state index in [1.165, 1.54) is 0 Å². The number of piperidine rings is 1. The van der Waals surface area contributed by atoms with Gasteiger partial charge in [-0.1, -0.05) is 6.92 Å². The molecule has 0 aliphatic carbocycles. The molecule has 1 atom stereocenters. The summed E-state index contributed by atoms with van der Waals surface area (Å²) in [7, 11) is 0. The van der Waals surface area contributed by atoms with Crippen LogP contribution in [-0.4, -0.2) is 44.8 Å². The molecular formula is C14H21N3O3. The van der Waals surface area contributed by atoms with Gasteiger partial charge in [-0.25, -0.2) is 0 Å². The van der Waals surface area contributed by atoms with Crippen molar-refractivity contribution in [3.63, 3.8) is 0 Å². The molecule has 2 heterocycles. The Kier molecular flexibility index (Phi) is 4.42. The van der Waals surface area contributed by atoms with Crippen LogP contribution in [0, 0.1) is 5.41 Å². The number of likely N-dealkylation sites (tertiary alicyclic amines) is 1. The number of amides is 1. The third kappa shape index (κ3) is 3.00. The highest BCUT2D eigenvalue weighted by molar-refractivity contribution is 5.79. The Hall–Kier alpha value is -1.85. The number of carboxylic acids is 1. The van der Waals surface area contributed by atoms with E-state index in [0.717, 1.165) is 6.42 Å². The number of aromatic nitrogens is 2. The minimum Gasteiger partial charge on any atom is -0.481 e. The lowest BCUT2D eigenvalue weighted by molar-refractivity contribution is -0.155. The predicted octanol–water partition coefficient (Wildman–Crippen LogP) is 1.38. The molecule has 20 heavy (non-hydrogen) atoms. The standard InChI is InChI=1S/C14H21N3O3/c1-2-14(13(19)20)6-3-8-16(11-14)12(18)5-10-17-9-4-7-15-17/h4,7,9H,2-3,5-6,8,10-11H2,1H3,(H,19,20). The van der Waals surface area contributed by atoms with Crippen LogP contribution in [0.15, 0.2) is 18.5 Å². The van der Waals surface area contributed by atoms with Crippen molar-refractivity contribution in [2.75, 3.05) is 13.1 Å². The van der Waals surface area contributed by atoms with Crippen molar-refractivity contribution in [1.82, 2.24) is 14.7 Å². The van der Waals surface area contributed by atoms with Gasteiger partial charge in [0.1, 0.15) is 0 Å². The molecule has 0 radical (unpaired) electrons. The van der Waals surface area contributed by atoms with Gasteiger partial charge in [0.05, 0.1) is 5.41 Å². The normalized spacial score (nSPS) is 22.8. The van der Waals surface area contributed by atoms with E-state index in [9.17, 15) is 14.7 Å². The van der Waals surface area contributed by atoms with Gasteiger partial charge in [-0.15, -0.1) is 0 Å². The zero-order valence-corrected chi connectivity index (χ0v) is 11.8. The van der Waals surface area contributed by atoms with Gasteiger partial charge in [-0.05, 0) is 25.3 Å². The molecule has 0 spiro atoms. The van der Waals surface area contributed by atoms with Gasteiger partial charge >= 0.3 is 5.97 Å². The van der Waals surface area contributed by atoms with Gasteiger partial charge in [-0.2, -0.15) is 5.10 Å². The largest absolute Gasteiger partial charge is 0.481 e. The Morgan fingerprint density at radius 2 is 2.25 bits per heavy atom. The number of carbonyl (C=O) groups excluding carboxylic acids is 1. The number of rotatable bonds is 5. The van der Waals surface area contributed by atoms with Crippen molar-refractivity contribution < 1.29 is 14.7 Å². The van der Waals surface area contributed by atoms with Crippen LogP contribution in [0.4, 0.5) is 0 Å². The molecule has 0 aromatic carbocycles. The molecule has 1 aliphatic rings. The number of hydrogen-bond acceptors (Lipinski definition) is 3. The van der Waals surface area contributed by atoms with Crippen molar-refractivity contribution in [3.8, 4) is 0 Å². The fraction of sp³-hybridized carbons (Fsp3) is 0.643. The number of carboxylic acid groups (broad SMARTS) is 1. The number of aryl methyl sites for hydroxylation is 1. The van der Waals surface area contributed by atoms with Crippen LogP contribution in [0.2, 0.25) is 0 Å². The van der Waals surface area contributed by atoms with Crippen LogP contribution >= 0.6 is 0 Å². The van der Waals surface area contributed by atoms with Gasteiger partial charge < -0.3 is 10.0 Å². The Labute approximate surface area is 118 Å². The molecule has 1 amide bonds. The fourth-order valence-corrected chi connectivity index (χ4v) is 2.76. The summed E-state index contributed by atoms with van der Waals surface area (Å²) >= 11 is 0. The minimum atomic E-state index is -0.787. The van der Waals surface area contributed by atoms with Crippen LogP contribution in [0.5, 0.6) is 0 Å². The van der Waals surface area contributed by atoms with Gasteiger partial charge in [-0.3, -0.25) is 14.3 Å². The molecular weight excluding hydrogens is 258 g/mol. The van der Waals surface area contributed by atoms with Gasteiger partial charge in [0.25, 0.3) is 0 Å². The van der Waals surface area contributed by atoms with E-state index in [4.69, 9.17) is 0 Å². The first-order chi connectivity index (χ1) is 9.57. The lowest BCUT2D eigenvalue weighted by Crippen LogP contribution is -2.49. The molecule has 0 bridgehead atoms. The number of carbonyl (C=O) groups is 2. The van der Waals surface area contributed by atoms with Gasteiger partial charge in [0, 0.05) is 38.4 Å². The predicted molar refractivity (Wildman–Crippen MR) is 73.0 cm³/mol. The maximum Gasteiger partial charge on any atom is 0.311 e. The van der Waals surface area contributed by atoms with E-state index in [0.29, 0.717) is 38.9 Å². The van der Waals surface area contributed by atoms with Crippen molar-refractivity contribution in [2.45, 2.75) is 39.2 Å². The maximum atomic E-state index is 12.2. The molecule has 1 N–H and O–H groups in total. The van der Waals surface area contributed by atoms with Crippen LogP contribution in [0.25, 0.3) is 0 Å². The fourth-order valence-electron chi connectivity index (χ4n) is 2.76. The second-order valence-corrected chi connectivity index (χ2v) is 5.38. The summed E-state index contributed by atoms with van der Waals surface area (Å²) in [6.45, 7) is 3.41. The van der Waals surface area contributed by atoms with Crippen LogP contribution in [0.3, 0.4) is 0 Å². The minimum absolute atomic E-state index is 0.0132. The van der Waals surface area contributed by atoms with E-state index >= 15 is 0 Å². The monoisotopic (exact) mass is 279 g/mol. The van der Waals surface area contributed by atoms with Gasteiger partial charge in [0.15, 0.2) is 0 Å². The molecule has 1 fully saturated rings. The smallest absolute Gasteiger partial charge is 0.311 e. The number of aliphatic carboxylic acids is 1. The Morgan fingerprint density at radius 1 is 1.45 bits per heavy atom. The average molecular weight is 279 g/mol. The summed E-state index contributed by atoms with van der Waals surface area (Å²) in [5.41, 5.74) is -0.764. The average Bonchev–Trinajstić information content (AvgIpc) is 2.97. The zero-order chi connectivity index (χ0) is 14.6. The van der Waals surface area contributed by atoms with E-state index in [2.05, 4.69) is 5.10 Å². The highest BCUT2D eigenvalue weighted by Crippen LogP contribution is 2.33.